The van der Waals surface area contributed by atoms with Gasteiger partial charge < -0.3 is 19.4 Å². The van der Waals surface area contributed by atoms with Gasteiger partial charge in [0.05, 0.1) is 13.2 Å². The number of anilines is 1. The Morgan fingerprint density at radius 3 is 2.41 bits per heavy atom. The van der Waals surface area contributed by atoms with Crippen molar-refractivity contribution >= 4 is 28.5 Å². The second kappa shape index (κ2) is 7.25. The molecule has 0 unspecified atom stereocenters. The van der Waals surface area contributed by atoms with Crippen molar-refractivity contribution in [1.29, 1.82) is 0 Å². The molecular formula is C21H20N2O4. The molecule has 6 nitrogen and oxygen atoms in total. The van der Waals surface area contributed by atoms with Gasteiger partial charge >= 0.3 is 0 Å². The van der Waals surface area contributed by atoms with Gasteiger partial charge in [-0.15, -0.1) is 0 Å². The molecule has 2 heterocycles. The van der Waals surface area contributed by atoms with Gasteiger partial charge in [0.1, 0.15) is 5.58 Å². The van der Waals surface area contributed by atoms with E-state index in [1.54, 1.807) is 29.2 Å². The summed E-state index contributed by atoms with van der Waals surface area (Å²) >= 11 is 0. The van der Waals surface area contributed by atoms with Crippen molar-refractivity contribution in [2.24, 2.45) is 0 Å². The van der Waals surface area contributed by atoms with Gasteiger partial charge in [-0.1, -0.05) is 18.2 Å². The van der Waals surface area contributed by atoms with Crippen LogP contribution in [0.3, 0.4) is 0 Å². The lowest BCUT2D eigenvalue weighted by Gasteiger charge is -2.26. The molecule has 0 radical (unpaired) electrons. The maximum Gasteiger partial charge on any atom is 0.291 e. The molecule has 1 fully saturated rings. The monoisotopic (exact) mass is 364 g/mol. The van der Waals surface area contributed by atoms with Gasteiger partial charge in [-0.3, -0.25) is 9.59 Å². The Morgan fingerprint density at radius 2 is 1.70 bits per heavy atom. The highest BCUT2D eigenvalue weighted by atomic mass is 16.5. The second-order valence-corrected chi connectivity index (χ2v) is 6.49. The number of aryl methyl sites for hydroxylation is 1. The lowest BCUT2D eigenvalue weighted by atomic mass is 10.1. The van der Waals surface area contributed by atoms with Crippen LogP contribution in [0.5, 0.6) is 0 Å². The van der Waals surface area contributed by atoms with Gasteiger partial charge in [0.2, 0.25) is 0 Å². The summed E-state index contributed by atoms with van der Waals surface area (Å²) in [7, 11) is 0. The fourth-order valence-electron chi connectivity index (χ4n) is 3.22. The molecular weight excluding hydrogens is 344 g/mol. The number of benzene rings is 2. The summed E-state index contributed by atoms with van der Waals surface area (Å²) in [6, 6.07) is 14.4. The minimum absolute atomic E-state index is 0.0238. The van der Waals surface area contributed by atoms with Gasteiger partial charge in [0, 0.05) is 35.3 Å². The Kier molecular flexibility index (Phi) is 4.64. The third-order valence-electron chi connectivity index (χ3n) is 4.74. The largest absolute Gasteiger partial charge is 0.451 e. The number of morpholine rings is 1. The van der Waals surface area contributed by atoms with Gasteiger partial charge in [0.15, 0.2) is 5.76 Å². The molecule has 3 aromatic rings. The quantitative estimate of drug-likeness (QED) is 0.772. The highest BCUT2D eigenvalue weighted by Gasteiger charge is 2.20. The molecule has 1 aromatic heterocycles. The van der Waals surface area contributed by atoms with E-state index in [1.165, 1.54) is 0 Å². The molecule has 1 saturated heterocycles. The van der Waals surface area contributed by atoms with Crippen molar-refractivity contribution in [2.45, 2.75) is 6.92 Å². The van der Waals surface area contributed by atoms with Crippen molar-refractivity contribution in [3.63, 3.8) is 0 Å². The minimum atomic E-state index is -0.309. The summed E-state index contributed by atoms with van der Waals surface area (Å²) in [6.07, 6.45) is 0. The summed E-state index contributed by atoms with van der Waals surface area (Å²) in [6.45, 7) is 4.20. The average molecular weight is 364 g/mol. The smallest absolute Gasteiger partial charge is 0.291 e. The predicted molar refractivity (Wildman–Crippen MR) is 102 cm³/mol. The first kappa shape index (κ1) is 17.3. The van der Waals surface area contributed by atoms with Crippen LogP contribution >= 0.6 is 0 Å². The fraction of sp³-hybridized carbons (Fsp3) is 0.238. The third kappa shape index (κ3) is 3.44. The van der Waals surface area contributed by atoms with Crippen molar-refractivity contribution in [3.8, 4) is 0 Å². The van der Waals surface area contributed by atoms with Gasteiger partial charge in [-0.2, -0.15) is 0 Å². The summed E-state index contributed by atoms with van der Waals surface area (Å²) in [4.78, 5) is 26.8. The first-order valence-electron chi connectivity index (χ1n) is 8.90. The van der Waals surface area contributed by atoms with Crippen molar-refractivity contribution < 1.29 is 18.7 Å². The lowest BCUT2D eigenvalue weighted by molar-refractivity contribution is 0.0303. The number of fused-ring (bicyclic) bond motifs is 1. The highest BCUT2D eigenvalue weighted by Crippen LogP contribution is 2.25. The van der Waals surface area contributed by atoms with Crippen LogP contribution in [-0.4, -0.2) is 43.0 Å². The zero-order valence-electron chi connectivity index (χ0n) is 15.0. The van der Waals surface area contributed by atoms with Gasteiger partial charge in [0.25, 0.3) is 11.8 Å². The Hall–Kier alpha value is -3.12. The van der Waals surface area contributed by atoms with E-state index in [0.29, 0.717) is 48.9 Å². The zero-order chi connectivity index (χ0) is 18.8. The molecule has 0 spiro atoms. The summed E-state index contributed by atoms with van der Waals surface area (Å²) in [5.74, 6) is -0.0371. The van der Waals surface area contributed by atoms with Crippen molar-refractivity contribution in [1.82, 2.24) is 4.90 Å². The van der Waals surface area contributed by atoms with Crippen LogP contribution < -0.4 is 5.32 Å². The molecule has 2 aromatic carbocycles. The van der Waals surface area contributed by atoms with E-state index < -0.39 is 0 Å². The van der Waals surface area contributed by atoms with E-state index in [-0.39, 0.29) is 11.8 Å². The molecule has 2 amide bonds. The molecule has 1 aliphatic rings. The maximum atomic E-state index is 12.6. The number of para-hydroxylation sites is 1. The second-order valence-electron chi connectivity index (χ2n) is 6.49. The molecule has 0 bridgehead atoms. The van der Waals surface area contributed by atoms with Crippen LogP contribution in [0.2, 0.25) is 0 Å². The first-order chi connectivity index (χ1) is 13.1. The van der Waals surface area contributed by atoms with Gasteiger partial charge in [-0.25, -0.2) is 0 Å². The molecule has 6 heteroatoms. The summed E-state index contributed by atoms with van der Waals surface area (Å²) in [5.41, 5.74) is 2.70. The molecule has 1 N–H and O–H groups in total. The molecule has 1 aliphatic heterocycles. The maximum absolute atomic E-state index is 12.6. The molecule has 138 valence electrons. The van der Waals surface area contributed by atoms with Crippen LogP contribution in [-0.2, 0) is 4.74 Å². The van der Waals surface area contributed by atoms with E-state index in [1.807, 2.05) is 31.2 Å². The zero-order valence-corrected chi connectivity index (χ0v) is 15.0. The standard InChI is InChI=1S/C21H20N2O4/c1-14-17-4-2-3-5-18(17)27-19(14)20(24)22-16-8-6-15(7-9-16)21(25)23-10-12-26-13-11-23/h2-9H,10-13H2,1H3,(H,22,24). The van der Waals surface area contributed by atoms with Crippen LogP contribution in [0.25, 0.3) is 11.0 Å². The molecule has 0 atom stereocenters. The van der Waals surface area contributed by atoms with E-state index in [2.05, 4.69) is 5.32 Å². The number of ether oxygens (including phenoxy) is 1. The SMILES string of the molecule is Cc1c(C(=O)Nc2ccc(C(=O)N3CCOCC3)cc2)oc2ccccc12. The number of hydrogen-bond donors (Lipinski definition) is 1. The Morgan fingerprint density at radius 1 is 1.00 bits per heavy atom. The molecule has 0 aliphatic carbocycles. The predicted octanol–water partition coefficient (Wildman–Crippen LogP) is 3.47. The number of rotatable bonds is 3. The lowest BCUT2D eigenvalue weighted by Crippen LogP contribution is -2.40. The Bertz CT molecular complexity index is 985. The van der Waals surface area contributed by atoms with E-state index in [9.17, 15) is 9.59 Å². The highest BCUT2D eigenvalue weighted by molar-refractivity contribution is 6.06. The van der Waals surface area contributed by atoms with E-state index in [4.69, 9.17) is 9.15 Å². The third-order valence-corrected chi connectivity index (χ3v) is 4.74. The Labute approximate surface area is 156 Å². The van der Waals surface area contributed by atoms with Crippen LogP contribution in [0.4, 0.5) is 5.69 Å². The number of hydrogen-bond acceptors (Lipinski definition) is 4. The molecule has 4 rings (SSSR count). The van der Waals surface area contributed by atoms with Crippen LogP contribution in [0.15, 0.2) is 52.9 Å². The number of carbonyl (C=O) groups excluding carboxylic acids is 2. The average Bonchev–Trinajstić information content (AvgIpc) is 3.06. The number of nitrogens with one attached hydrogen (secondary N) is 1. The molecule has 27 heavy (non-hydrogen) atoms. The van der Waals surface area contributed by atoms with Crippen LogP contribution in [0.1, 0.15) is 26.5 Å². The van der Waals surface area contributed by atoms with Crippen molar-refractivity contribution in [3.05, 3.63) is 65.4 Å². The van der Waals surface area contributed by atoms with Crippen molar-refractivity contribution in [2.75, 3.05) is 31.6 Å². The van der Waals surface area contributed by atoms with Crippen LogP contribution in [0, 0.1) is 6.92 Å². The number of carbonyl (C=O) groups is 2. The normalized spacial score (nSPS) is 14.3. The fourth-order valence-corrected chi connectivity index (χ4v) is 3.22. The number of furan rings is 1. The van der Waals surface area contributed by atoms with E-state index in [0.717, 1.165) is 10.9 Å². The number of nitrogens with zero attached hydrogens (tertiary/aromatic N) is 1. The summed E-state index contributed by atoms with van der Waals surface area (Å²) < 4.78 is 11.0. The first-order valence-corrected chi connectivity index (χ1v) is 8.90. The Balaban J connectivity index is 1.48. The molecule has 0 saturated carbocycles. The van der Waals surface area contributed by atoms with Gasteiger partial charge in [-0.05, 0) is 37.3 Å². The summed E-state index contributed by atoms with van der Waals surface area (Å²) in [5, 5.41) is 3.75. The minimum Gasteiger partial charge on any atom is -0.451 e. The van der Waals surface area contributed by atoms with E-state index >= 15 is 0 Å². The topological polar surface area (TPSA) is 71.8 Å². The number of amides is 2.